The van der Waals surface area contributed by atoms with Gasteiger partial charge in [-0.1, -0.05) is 0 Å². The Hall–Kier alpha value is -0.570. The maximum absolute atomic E-state index is 10.5. The number of hydrogen-bond donors (Lipinski definition) is 1. The second-order valence-electron chi connectivity index (χ2n) is 3.26. The number of aliphatic carboxylic acids is 1. The Kier molecular flexibility index (Phi) is 1.06. The van der Waals surface area contributed by atoms with Crippen molar-refractivity contribution in [1.29, 1.82) is 0 Å². The SMILES string of the molecule is O=C(O)[C@@H]1C[C@]12CCOC2. The predicted octanol–water partition coefficient (Wildman–Crippen LogP) is 0.498. The highest BCUT2D eigenvalue weighted by Gasteiger charge is 2.60. The standard InChI is InChI=1S/C7H10O3/c8-6(9)5-3-7(5)1-2-10-4-7/h5H,1-4H2,(H,8,9)/t5-,7-/m0/s1. The van der Waals surface area contributed by atoms with Crippen LogP contribution in [0.1, 0.15) is 12.8 Å². The Labute approximate surface area is 59.0 Å². The zero-order chi connectivity index (χ0) is 7.19. The maximum atomic E-state index is 10.5. The van der Waals surface area contributed by atoms with Gasteiger partial charge in [-0.15, -0.1) is 0 Å². The van der Waals surface area contributed by atoms with Gasteiger partial charge >= 0.3 is 5.97 Å². The molecule has 3 heteroatoms. The van der Waals surface area contributed by atoms with Gasteiger partial charge in [0.1, 0.15) is 0 Å². The van der Waals surface area contributed by atoms with E-state index in [4.69, 9.17) is 9.84 Å². The summed E-state index contributed by atoms with van der Waals surface area (Å²) in [5.74, 6) is -0.750. The third kappa shape index (κ3) is 0.669. The molecule has 0 unspecified atom stereocenters. The molecule has 1 spiro atoms. The zero-order valence-electron chi connectivity index (χ0n) is 5.67. The summed E-state index contributed by atoms with van der Waals surface area (Å²) in [4.78, 5) is 10.5. The summed E-state index contributed by atoms with van der Waals surface area (Å²) >= 11 is 0. The van der Waals surface area contributed by atoms with Crippen molar-refractivity contribution in [2.75, 3.05) is 13.2 Å². The molecule has 1 saturated carbocycles. The molecule has 2 fully saturated rings. The molecular formula is C7H10O3. The van der Waals surface area contributed by atoms with E-state index < -0.39 is 5.97 Å². The number of carboxylic acid groups (broad SMARTS) is 1. The molecule has 2 rings (SSSR count). The molecule has 0 bridgehead atoms. The van der Waals surface area contributed by atoms with Crippen molar-refractivity contribution < 1.29 is 14.6 Å². The molecule has 1 aliphatic heterocycles. The average molecular weight is 142 g/mol. The zero-order valence-corrected chi connectivity index (χ0v) is 5.67. The molecule has 56 valence electrons. The summed E-state index contributed by atoms with van der Waals surface area (Å²) in [6.07, 6.45) is 1.78. The lowest BCUT2D eigenvalue weighted by Gasteiger charge is -2.00. The molecule has 0 aromatic heterocycles. The van der Waals surface area contributed by atoms with E-state index in [1.54, 1.807) is 0 Å². The van der Waals surface area contributed by atoms with Gasteiger partial charge in [-0.05, 0) is 12.8 Å². The first-order valence-electron chi connectivity index (χ1n) is 3.55. The summed E-state index contributed by atoms with van der Waals surface area (Å²) in [6, 6.07) is 0. The van der Waals surface area contributed by atoms with Crippen molar-refractivity contribution in [2.45, 2.75) is 12.8 Å². The van der Waals surface area contributed by atoms with E-state index in [1.165, 1.54) is 0 Å². The highest BCUT2D eigenvalue weighted by molar-refractivity contribution is 5.74. The lowest BCUT2D eigenvalue weighted by Crippen LogP contribution is -2.09. The average Bonchev–Trinajstić information content (AvgIpc) is 2.32. The van der Waals surface area contributed by atoms with Gasteiger partial charge in [0, 0.05) is 12.0 Å². The van der Waals surface area contributed by atoms with Crippen LogP contribution in [0.15, 0.2) is 0 Å². The van der Waals surface area contributed by atoms with Crippen LogP contribution in [0.5, 0.6) is 0 Å². The minimum absolute atomic E-state index is 0.0613. The Morgan fingerprint density at radius 1 is 1.70 bits per heavy atom. The molecule has 0 radical (unpaired) electrons. The van der Waals surface area contributed by atoms with E-state index in [2.05, 4.69) is 0 Å². The van der Waals surface area contributed by atoms with E-state index in [0.717, 1.165) is 19.4 Å². The van der Waals surface area contributed by atoms with Crippen LogP contribution in [0.3, 0.4) is 0 Å². The molecule has 2 atom stereocenters. The minimum Gasteiger partial charge on any atom is -0.481 e. The van der Waals surface area contributed by atoms with Gasteiger partial charge in [0.05, 0.1) is 12.5 Å². The normalized spacial score (nSPS) is 44.2. The van der Waals surface area contributed by atoms with Gasteiger partial charge in [0.2, 0.25) is 0 Å². The van der Waals surface area contributed by atoms with Gasteiger partial charge in [0.15, 0.2) is 0 Å². The fourth-order valence-electron chi connectivity index (χ4n) is 1.76. The Morgan fingerprint density at radius 2 is 2.50 bits per heavy atom. The quantitative estimate of drug-likeness (QED) is 0.579. The number of carboxylic acids is 1. The van der Waals surface area contributed by atoms with Gasteiger partial charge in [-0.3, -0.25) is 4.79 Å². The van der Waals surface area contributed by atoms with E-state index in [1.807, 2.05) is 0 Å². The van der Waals surface area contributed by atoms with Crippen molar-refractivity contribution >= 4 is 5.97 Å². The highest BCUT2D eigenvalue weighted by atomic mass is 16.5. The van der Waals surface area contributed by atoms with Crippen LogP contribution in [0.25, 0.3) is 0 Å². The summed E-state index contributed by atoms with van der Waals surface area (Å²) in [7, 11) is 0. The van der Waals surface area contributed by atoms with Crippen LogP contribution in [-0.2, 0) is 9.53 Å². The van der Waals surface area contributed by atoms with Crippen LogP contribution in [0.2, 0.25) is 0 Å². The first-order valence-corrected chi connectivity index (χ1v) is 3.55. The molecule has 0 aromatic carbocycles. The first-order chi connectivity index (χ1) is 4.75. The minimum atomic E-state index is -0.648. The number of carbonyl (C=O) groups is 1. The molecule has 0 aromatic rings. The molecule has 3 nitrogen and oxygen atoms in total. The van der Waals surface area contributed by atoms with E-state index in [0.29, 0.717) is 6.61 Å². The summed E-state index contributed by atoms with van der Waals surface area (Å²) in [5, 5.41) is 8.62. The predicted molar refractivity (Wildman–Crippen MR) is 33.6 cm³/mol. The van der Waals surface area contributed by atoms with Crippen molar-refractivity contribution in [1.82, 2.24) is 0 Å². The van der Waals surface area contributed by atoms with Gasteiger partial charge in [-0.25, -0.2) is 0 Å². The molecule has 1 saturated heterocycles. The lowest BCUT2D eigenvalue weighted by atomic mass is 10.0. The molecule has 1 heterocycles. The molecular weight excluding hydrogens is 132 g/mol. The largest absolute Gasteiger partial charge is 0.481 e. The smallest absolute Gasteiger partial charge is 0.307 e. The molecule has 2 aliphatic rings. The van der Waals surface area contributed by atoms with Crippen LogP contribution in [0.4, 0.5) is 0 Å². The van der Waals surface area contributed by atoms with Crippen molar-refractivity contribution in [3.63, 3.8) is 0 Å². The Balaban J connectivity index is 2.04. The van der Waals surface area contributed by atoms with Crippen LogP contribution < -0.4 is 0 Å². The third-order valence-electron chi connectivity index (χ3n) is 2.62. The van der Waals surface area contributed by atoms with Crippen LogP contribution >= 0.6 is 0 Å². The summed E-state index contributed by atoms with van der Waals surface area (Å²) in [6.45, 7) is 1.42. The van der Waals surface area contributed by atoms with Crippen molar-refractivity contribution in [3.8, 4) is 0 Å². The monoisotopic (exact) mass is 142 g/mol. The van der Waals surface area contributed by atoms with E-state index in [-0.39, 0.29) is 11.3 Å². The maximum Gasteiger partial charge on any atom is 0.307 e. The highest BCUT2D eigenvalue weighted by Crippen LogP contribution is 2.57. The van der Waals surface area contributed by atoms with E-state index >= 15 is 0 Å². The van der Waals surface area contributed by atoms with E-state index in [9.17, 15) is 4.79 Å². The fourth-order valence-corrected chi connectivity index (χ4v) is 1.76. The topological polar surface area (TPSA) is 46.5 Å². The van der Waals surface area contributed by atoms with Crippen LogP contribution in [-0.4, -0.2) is 24.3 Å². The van der Waals surface area contributed by atoms with Crippen LogP contribution in [0, 0.1) is 11.3 Å². The number of hydrogen-bond acceptors (Lipinski definition) is 2. The van der Waals surface area contributed by atoms with Gasteiger partial charge in [0.25, 0.3) is 0 Å². The fraction of sp³-hybridized carbons (Fsp3) is 0.857. The molecule has 10 heavy (non-hydrogen) atoms. The Morgan fingerprint density at radius 3 is 2.90 bits per heavy atom. The second-order valence-corrected chi connectivity index (χ2v) is 3.26. The third-order valence-corrected chi connectivity index (χ3v) is 2.62. The molecule has 1 aliphatic carbocycles. The summed E-state index contributed by atoms with van der Waals surface area (Å²) in [5.41, 5.74) is 0.0613. The molecule has 1 N–H and O–H groups in total. The summed E-state index contributed by atoms with van der Waals surface area (Å²) < 4.78 is 5.14. The second kappa shape index (κ2) is 1.72. The number of rotatable bonds is 1. The molecule has 0 amide bonds. The van der Waals surface area contributed by atoms with Crippen molar-refractivity contribution in [2.24, 2.45) is 11.3 Å². The number of ether oxygens (including phenoxy) is 1. The Bertz CT molecular complexity index is 170. The van der Waals surface area contributed by atoms with Gasteiger partial charge < -0.3 is 9.84 Å². The lowest BCUT2D eigenvalue weighted by molar-refractivity contribution is -0.139. The van der Waals surface area contributed by atoms with Crippen molar-refractivity contribution in [3.05, 3.63) is 0 Å². The van der Waals surface area contributed by atoms with Gasteiger partial charge in [-0.2, -0.15) is 0 Å². The first kappa shape index (κ1) is 6.16.